The third-order valence-corrected chi connectivity index (χ3v) is 4.46. The molecule has 1 heterocycles. The molecule has 3 aromatic rings. The van der Waals surface area contributed by atoms with Crippen LogP contribution in [0, 0.1) is 29.8 Å². The largest absolute Gasteiger partial charge is 0.805 e. The van der Waals surface area contributed by atoms with Crippen molar-refractivity contribution in [1.29, 1.82) is 0 Å². The van der Waals surface area contributed by atoms with E-state index in [1.807, 2.05) is 0 Å². The maximum absolute atomic E-state index is 13.2. The van der Waals surface area contributed by atoms with Gasteiger partial charge in [-0.05, 0) is 62.4 Å². The van der Waals surface area contributed by atoms with Gasteiger partial charge in [-0.15, -0.1) is 0 Å². The van der Waals surface area contributed by atoms with Crippen molar-refractivity contribution in [2.45, 2.75) is 13.8 Å². The molecule has 0 unspecified atom stereocenters. The fraction of sp³-hybridized carbons (Fsp3) is 0.111. The number of nitrogens with zero attached hydrogens (tertiary/aromatic N) is 2. The highest BCUT2D eigenvalue weighted by Gasteiger charge is 2.26. The zero-order valence-corrected chi connectivity index (χ0v) is 14.7. The Bertz CT molecular complexity index is 889. The van der Waals surface area contributed by atoms with E-state index in [9.17, 15) is 14.5 Å². The molecule has 0 aliphatic heterocycles. The fourth-order valence-electron chi connectivity index (χ4n) is 2.72. The molecule has 0 radical (unpaired) electrons. The summed E-state index contributed by atoms with van der Waals surface area (Å²) in [5.74, 6) is -0.399. The molecule has 6 heteroatoms. The van der Waals surface area contributed by atoms with E-state index in [1.54, 1.807) is 38.1 Å². The number of halogens is 2. The summed E-state index contributed by atoms with van der Waals surface area (Å²) in [6.07, 6.45) is 0. The van der Waals surface area contributed by atoms with Gasteiger partial charge in [-0.1, -0.05) is 15.9 Å². The van der Waals surface area contributed by atoms with E-state index in [2.05, 4.69) is 15.9 Å². The molecule has 0 saturated carbocycles. The zero-order valence-electron chi connectivity index (χ0n) is 13.1. The second-order valence-electron chi connectivity index (χ2n) is 5.47. The smallest absolute Gasteiger partial charge is 0.289 e. The Hall–Kier alpha value is -2.47. The lowest BCUT2D eigenvalue weighted by Gasteiger charge is -2.19. The van der Waals surface area contributed by atoms with Gasteiger partial charge in [0.25, 0.3) is 11.4 Å². The summed E-state index contributed by atoms with van der Waals surface area (Å²) in [4.78, 5) is 13.0. The Morgan fingerprint density at radius 2 is 1.33 bits per heavy atom. The Kier molecular flexibility index (Phi) is 4.24. The average molecular weight is 389 g/mol. The predicted molar refractivity (Wildman–Crippen MR) is 94.6 cm³/mol. The molecular formula is C18H14BrFN2O2. The third-order valence-electron chi connectivity index (χ3n) is 3.94. The molecule has 0 amide bonds. The normalized spacial score (nSPS) is 10.8. The summed E-state index contributed by atoms with van der Waals surface area (Å²) in [5, 5.41) is 12.5. The van der Waals surface area contributed by atoms with Gasteiger partial charge in [0.1, 0.15) is 5.82 Å². The quantitative estimate of drug-likeness (QED) is 0.602. The van der Waals surface area contributed by atoms with E-state index in [1.165, 1.54) is 24.3 Å². The second kappa shape index (κ2) is 6.20. The van der Waals surface area contributed by atoms with Gasteiger partial charge < -0.3 is 9.94 Å². The number of aromatic nitrogens is 2. The van der Waals surface area contributed by atoms with Crippen LogP contribution in [0.1, 0.15) is 11.4 Å². The van der Waals surface area contributed by atoms with Crippen molar-refractivity contribution in [3.05, 3.63) is 80.3 Å². The number of hydrogen-bond acceptors (Lipinski definition) is 2. The lowest BCUT2D eigenvalue weighted by atomic mass is 10.1. The molecular weight excluding hydrogens is 375 g/mol. The minimum atomic E-state index is -0.399. The molecule has 0 spiro atoms. The molecule has 0 N–H and O–H groups in total. The minimum Gasteiger partial charge on any atom is -0.805 e. The third kappa shape index (κ3) is 2.73. The van der Waals surface area contributed by atoms with Crippen LogP contribution in [0.5, 0.6) is 0 Å². The predicted octanol–water partition coefficient (Wildman–Crippen LogP) is 4.60. The summed E-state index contributed by atoms with van der Waals surface area (Å²) in [7, 11) is 0. The summed E-state index contributed by atoms with van der Waals surface area (Å²) in [6, 6.07) is 12.7. The molecule has 0 atom stereocenters. The average Bonchev–Trinajstić information content (AvgIpc) is 2.56. The van der Waals surface area contributed by atoms with Crippen molar-refractivity contribution in [2.75, 3.05) is 0 Å². The zero-order chi connectivity index (χ0) is 17.4. The highest BCUT2D eigenvalue weighted by Crippen LogP contribution is 2.27. The standard InChI is InChI=1S/C18H14BrFN2O2/c1-11-17(13-3-7-15(19)8-4-13)22(24)18(12(2)21(11)23)14-5-9-16(20)10-6-14/h3-10H,1-2H3. The molecule has 24 heavy (non-hydrogen) atoms. The highest BCUT2D eigenvalue weighted by molar-refractivity contribution is 9.10. The molecule has 1 aromatic heterocycles. The monoisotopic (exact) mass is 388 g/mol. The van der Waals surface area contributed by atoms with Crippen LogP contribution in [-0.2, 0) is 0 Å². The molecule has 2 aromatic carbocycles. The molecule has 4 nitrogen and oxygen atoms in total. The maximum atomic E-state index is 13.2. The summed E-state index contributed by atoms with van der Waals surface area (Å²) >= 11 is 3.35. The summed E-state index contributed by atoms with van der Waals surface area (Å²) < 4.78 is 15.5. The van der Waals surface area contributed by atoms with Crippen LogP contribution in [0.25, 0.3) is 22.5 Å². The first kappa shape index (κ1) is 16.4. The van der Waals surface area contributed by atoms with E-state index in [0.29, 0.717) is 16.8 Å². The topological polar surface area (TPSA) is 51.0 Å². The molecule has 122 valence electrons. The van der Waals surface area contributed by atoms with Gasteiger partial charge in [-0.2, -0.15) is 0 Å². The molecule has 0 aliphatic carbocycles. The van der Waals surface area contributed by atoms with Gasteiger partial charge in [0.15, 0.2) is 0 Å². The van der Waals surface area contributed by atoms with Crippen molar-refractivity contribution in [3.8, 4) is 22.5 Å². The maximum Gasteiger partial charge on any atom is 0.289 e. The van der Waals surface area contributed by atoms with E-state index < -0.39 is 5.82 Å². The van der Waals surface area contributed by atoms with Crippen molar-refractivity contribution < 1.29 is 8.82 Å². The molecule has 0 bridgehead atoms. The van der Waals surface area contributed by atoms with E-state index in [0.717, 1.165) is 13.6 Å². The summed E-state index contributed by atoms with van der Waals surface area (Å²) in [5.41, 5.74) is 2.21. The van der Waals surface area contributed by atoms with Crippen LogP contribution in [0.15, 0.2) is 53.0 Å². The Balaban J connectivity index is 2.34. The summed E-state index contributed by atoms with van der Waals surface area (Å²) in [6.45, 7) is 3.19. The Morgan fingerprint density at radius 3 is 1.79 bits per heavy atom. The van der Waals surface area contributed by atoms with E-state index in [4.69, 9.17) is 0 Å². The van der Waals surface area contributed by atoms with E-state index in [-0.39, 0.29) is 17.1 Å². The second-order valence-corrected chi connectivity index (χ2v) is 6.39. The van der Waals surface area contributed by atoms with Gasteiger partial charge in [-0.25, -0.2) is 4.39 Å². The molecule has 0 fully saturated rings. The Labute approximate surface area is 146 Å². The van der Waals surface area contributed by atoms with E-state index >= 15 is 0 Å². The molecule has 0 saturated heterocycles. The van der Waals surface area contributed by atoms with Crippen LogP contribution < -0.4 is 4.43 Å². The van der Waals surface area contributed by atoms with Gasteiger partial charge >= 0.3 is 0 Å². The van der Waals surface area contributed by atoms with Crippen LogP contribution in [0.3, 0.4) is 0 Å². The van der Waals surface area contributed by atoms with Crippen molar-refractivity contribution in [2.24, 2.45) is 0 Å². The first-order valence-corrected chi connectivity index (χ1v) is 8.07. The van der Waals surface area contributed by atoms with Crippen LogP contribution >= 0.6 is 15.9 Å². The van der Waals surface area contributed by atoms with Crippen LogP contribution in [-0.4, -0.2) is 4.73 Å². The first-order chi connectivity index (χ1) is 11.4. The lowest BCUT2D eigenvalue weighted by Crippen LogP contribution is -2.27. The van der Waals surface area contributed by atoms with Gasteiger partial charge in [-0.3, -0.25) is 0 Å². The van der Waals surface area contributed by atoms with Crippen LogP contribution in [0.4, 0.5) is 4.39 Å². The SMILES string of the molecule is Cc1c(-c2ccc(F)cc2)[n+](=O)c(-c2ccc(Br)cc2)c(C)n1[O-]. The number of rotatable bonds is 2. The van der Waals surface area contributed by atoms with Gasteiger partial charge in [0.2, 0.25) is 0 Å². The van der Waals surface area contributed by atoms with Gasteiger partial charge in [0.05, 0.1) is 26.9 Å². The number of hydrogen-bond donors (Lipinski definition) is 0. The fourth-order valence-corrected chi connectivity index (χ4v) is 2.98. The van der Waals surface area contributed by atoms with Gasteiger partial charge in [0, 0.05) is 9.38 Å². The van der Waals surface area contributed by atoms with Crippen molar-refractivity contribution in [3.63, 3.8) is 0 Å². The lowest BCUT2D eigenvalue weighted by molar-refractivity contribution is -0.471. The van der Waals surface area contributed by atoms with Crippen molar-refractivity contribution >= 4 is 15.9 Å². The highest BCUT2D eigenvalue weighted by atomic mass is 79.9. The Morgan fingerprint density at radius 1 is 0.917 bits per heavy atom. The molecule has 3 rings (SSSR count). The first-order valence-electron chi connectivity index (χ1n) is 7.28. The number of benzene rings is 2. The van der Waals surface area contributed by atoms with Crippen molar-refractivity contribution in [1.82, 2.24) is 4.73 Å². The minimum absolute atomic E-state index is 0.216. The van der Waals surface area contributed by atoms with Crippen LogP contribution in [0.2, 0.25) is 0 Å². The molecule has 0 aliphatic rings.